The maximum absolute atomic E-state index is 12.2. The van der Waals surface area contributed by atoms with Gasteiger partial charge in [-0.1, -0.05) is 30.3 Å². The van der Waals surface area contributed by atoms with Crippen LogP contribution in [0.5, 0.6) is 0 Å². The SMILES string of the molecule is CS(=O)(=O)N1C[C@H]2CN(CC(=O)NCc3ccccc3)C[C@@]2(C(=O)O)C1. The van der Waals surface area contributed by atoms with Crippen molar-refractivity contribution in [3.05, 3.63) is 35.9 Å². The van der Waals surface area contributed by atoms with Crippen molar-refractivity contribution < 1.29 is 23.1 Å². The number of hydrogen-bond acceptors (Lipinski definition) is 5. The average molecular weight is 381 g/mol. The Labute approximate surface area is 152 Å². The van der Waals surface area contributed by atoms with Crippen molar-refractivity contribution in [2.24, 2.45) is 11.3 Å². The zero-order valence-electron chi connectivity index (χ0n) is 14.6. The van der Waals surface area contributed by atoms with Crippen LogP contribution in [-0.4, -0.2) is 73.6 Å². The summed E-state index contributed by atoms with van der Waals surface area (Å²) in [5.41, 5.74) is -0.145. The van der Waals surface area contributed by atoms with Crippen molar-refractivity contribution in [3.8, 4) is 0 Å². The largest absolute Gasteiger partial charge is 0.481 e. The molecular weight excluding hydrogens is 358 g/mol. The number of sulfonamides is 1. The molecule has 142 valence electrons. The topological polar surface area (TPSA) is 107 Å². The van der Waals surface area contributed by atoms with Gasteiger partial charge in [0.15, 0.2) is 0 Å². The van der Waals surface area contributed by atoms with Gasteiger partial charge in [0.1, 0.15) is 0 Å². The molecule has 0 saturated carbocycles. The number of nitrogens with one attached hydrogen (secondary N) is 1. The van der Waals surface area contributed by atoms with Crippen LogP contribution in [0, 0.1) is 11.3 Å². The molecular formula is C17H23N3O5S. The molecule has 1 aromatic carbocycles. The lowest BCUT2D eigenvalue weighted by Crippen LogP contribution is -2.43. The molecule has 0 radical (unpaired) electrons. The number of amides is 1. The van der Waals surface area contributed by atoms with E-state index in [1.165, 1.54) is 4.31 Å². The first-order valence-electron chi connectivity index (χ1n) is 8.42. The highest BCUT2D eigenvalue weighted by Gasteiger charge is 2.59. The van der Waals surface area contributed by atoms with Crippen LogP contribution in [0.25, 0.3) is 0 Å². The summed E-state index contributed by atoms with van der Waals surface area (Å²) in [5.74, 6) is -1.48. The fourth-order valence-corrected chi connectivity index (χ4v) is 4.77. The van der Waals surface area contributed by atoms with Crippen molar-refractivity contribution in [1.29, 1.82) is 0 Å². The Balaban J connectivity index is 1.59. The minimum absolute atomic E-state index is 0.0338. The monoisotopic (exact) mass is 381 g/mol. The van der Waals surface area contributed by atoms with E-state index in [1.54, 1.807) is 4.90 Å². The van der Waals surface area contributed by atoms with Gasteiger partial charge in [0.2, 0.25) is 15.9 Å². The normalized spacial score (nSPS) is 26.6. The maximum atomic E-state index is 12.2. The van der Waals surface area contributed by atoms with Gasteiger partial charge in [-0.15, -0.1) is 0 Å². The van der Waals surface area contributed by atoms with Gasteiger partial charge in [-0.2, -0.15) is 0 Å². The summed E-state index contributed by atoms with van der Waals surface area (Å²) in [4.78, 5) is 25.9. The molecule has 2 N–H and O–H groups in total. The minimum Gasteiger partial charge on any atom is -0.481 e. The van der Waals surface area contributed by atoms with Gasteiger partial charge in [0.05, 0.1) is 18.2 Å². The second-order valence-electron chi connectivity index (χ2n) is 7.15. The Kier molecular flexibility index (Phi) is 5.05. The Morgan fingerprint density at radius 3 is 2.50 bits per heavy atom. The van der Waals surface area contributed by atoms with Crippen LogP contribution in [0.15, 0.2) is 30.3 Å². The number of carbonyl (C=O) groups excluding carboxylic acids is 1. The molecule has 0 aliphatic carbocycles. The molecule has 1 amide bonds. The molecule has 0 spiro atoms. The van der Waals surface area contributed by atoms with Gasteiger partial charge in [0.25, 0.3) is 0 Å². The lowest BCUT2D eigenvalue weighted by molar-refractivity contribution is -0.148. The second-order valence-corrected chi connectivity index (χ2v) is 9.13. The molecule has 0 unspecified atom stereocenters. The summed E-state index contributed by atoms with van der Waals surface area (Å²) < 4.78 is 24.8. The summed E-state index contributed by atoms with van der Waals surface area (Å²) in [6, 6.07) is 9.53. The lowest BCUT2D eigenvalue weighted by Gasteiger charge is -2.24. The summed E-state index contributed by atoms with van der Waals surface area (Å²) in [6.45, 7) is 1.26. The predicted octanol–water partition coefficient (Wildman–Crippen LogP) is -0.419. The fourth-order valence-electron chi connectivity index (χ4n) is 3.85. The van der Waals surface area contributed by atoms with Crippen molar-refractivity contribution in [2.75, 3.05) is 39.0 Å². The Bertz CT molecular complexity index is 798. The lowest BCUT2D eigenvalue weighted by atomic mass is 9.81. The third kappa shape index (κ3) is 3.74. The maximum Gasteiger partial charge on any atom is 0.312 e. The molecule has 0 bridgehead atoms. The smallest absolute Gasteiger partial charge is 0.312 e. The second kappa shape index (κ2) is 6.98. The van der Waals surface area contributed by atoms with Gasteiger partial charge >= 0.3 is 5.97 Å². The molecule has 2 aliphatic heterocycles. The number of carbonyl (C=O) groups is 2. The van der Waals surface area contributed by atoms with Crippen molar-refractivity contribution in [2.45, 2.75) is 6.54 Å². The van der Waals surface area contributed by atoms with Gasteiger partial charge in [-0.3, -0.25) is 14.5 Å². The van der Waals surface area contributed by atoms with Crippen LogP contribution in [0.3, 0.4) is 0 Å². The molecule has 26 heavy (non-hydrogen) atoms. The van der Waals surface area contributed by atoms with Gasteiger partial charge in [-0.05, 0) is 5.56 Å². The van der Waals surface area contributed by atoms with Crippen LogP contribution in [-0.2, 0) is 26.2 Å². The van der Waals surface area contributed by atoms with Gasteiger partial charge in [-0.25, -0.2) is 12.7 Å². The van der Waals surface area contributed by atoms with E-state index in [0.29, 0.717) is 13.1 Å². The zero-order chi connectivity index (χ0) is 18.9. The molecule has 8 nitrogen and oxygen atoms in total. The van der Waals surface area contributed by atoms with Crippen LogP contribution < -0.4 is 5.32 Å². The highest BCUT2D eigenvalue weighted by atomic mass is 32.2. The van der Waals surface area contributed by atoms with E-state index >= 15 is 0 Å². The van der Waals surface area contributed by atoms with Crippen LogP contribution in [0.2, 0.25) is 0 Å². The molecule has 0 aromatic heterocycles. The highest BCUT2D eigenvalue weighted by Crippen LogP contribution is 2.43. The third-order valence-electron chi connectivity index (χ3n) is 5.24. The van der Waals surface area contributed by atoms with E-state index in [1.807, 2.05) is 30.3 Å². The van der Waals surface area contributed by atoms with Crippen LogP contribution in [0.4, 0.5) is 0 Å². The molecule has 2 fully saturated rings. The third-order valence-corrected chi connectivity index (χ3v) is 6.46. The van der Waals surface area contributed by atoms with E-state index in [0.717, 1.165) is 11.8 Å². The van der Waals surface area contributed by atoms with E-state index in [2.05, 4.69) is 5.32 Å². The summed E-state index contributed by atoms with van der Waals surface area (Å²) >= 11 is 0. The number of hydrogen-bond donors (Lipinski definition) is 2. The predicted molar refractivity (Wildman–Crippen MR) is 94.7 cm³/mol. The van der Waals surface area contributed by atoms with E-state index in [4.69, 9.17) is 0 Å². The summed E-state index contributed by atoms with van der Waals surface area (Å²) in [6.07, 6.45) is 1.10. The number of rotatable bonds is 6. The van der Waals surface area contributed by atoms with E-state index in [9.17, 15) is 23.1 Å². The molecule has 2 aliphatic rings. The highest BCUT2D eigenvalue weighted by molar-refractivity contribution is 7.88. The van der Waals surface area contributed by atoms with Gasteiger partial charge < -0.3 is 10.4 Å². The molecule has 2 heterocycles. The number of likely N-dealkylation sites (tertiary alicyclic amines) is 1. The number of fused-ring (bicyclic) bond motifs is 1. The molecule has 9 heteroatoms. The fraction of sp³-hybridized carbons (Fsp3) is 0.529. The molecule has 2 saturated heterocycles. The number of aliphatic carboxylic acids is 1. The summed E-state index contributed by atoms with van der Waals surface area (Å²) in [7, 11) is -3.42. The molecule has 3 rings (SSSR count). The van der Waals surface area contributed by atoms with Crippen LogP contribution in [0.1, 0.15) is 5.56 Å². The summed E-state index contributed by atoms with van der Waals surface area (Å²) in [5, 5.41) is 12.5. The first kappa shape index (κ1) is 18.8. The van der Waals surface area contributed by atoms with Crippen molar-refractivity contribution in [1.82, 2.24) is 14.5 Å². The van der Waals surface area contributed by atoms with Crippen molar-refractivity contribution >= 4 is 21.9 Å². The first-order valence-corrected chi connectivity index (χ1v) is 10.3. The molecule has 2 atom stereocenters. The number of nitrogens with zero attached hydrogens (tertiary/aromatic N) is 2. The Hall–Kier alpha value is -1.97. The van der Waals surface area contributed by atoms with Crippen molar-refractivity contribution in [3.63, 3.8) is 0 Å². The number of benzene rings is 1. The molecule has 1 aromatic rings. The van der Waals surface area contributed by atoms with E-state index < -0.39 is 21.4 Å². The first-order chi connectivity index (χ1) is 12.2. The minimum atomic E-state index is -3.42. The van der Waals surface area contributed by atoms with Crippen LogP contribution >= 0.6 is 0 Å². The standard InChI is InChI=1S/C17H23N3O5S/c1-26(24,25)20-9-14-8-19(11-17(14,12-20)16(22)23)10-15(21)18-7-13-5-3-2-4-6-13/h2-6,14H,7-12H2,1H3,(H,18,21)(H,22,23)/t14-,17-/m1/s1. The average Bonchev–Trinajstić information content (AvgIpc) is 3.08. The van der Waals surface area contributed by atoms with E-state index in [-0.39, 0.29) is 38.0 Å². The zero-order valence-corrected chi connectivity index (χ0v) is 15.4. The number of carboxylic acid groups (broad SMARTS) is 1. The Morgan fingerprint density at radius 1 is 1.23 bits per heavy atom. The van der Waals surface area contributed by atoms with Gasteiger partial charge in [0, 0.05) is 38.6 Å². The number of carboxylic acids is 1. The Morgan fingerprint density at radius 2 is 1.92 bits per heavy atom. The quantitative estimate of drug-likeness (QED) is 0.693.